The second-order valence-electron chi connectivity index (χ2n) is 19.3. The third-order valence-corrected chi connectivity index (χ3v) is 15.2. The van der Waals surface area contributed by atoms with Gasteiger partial charge in [-0.05, 0) is 93.2 Å². The topological polar surface area (TPSA) is 175 Å². The molecule has 0 radical (unpaired) electrons. The molecule has 6 aliphatic rings. The largest absolute Gasteiger partial charge is 0.375 e. The van der Waals surface area contributed by atoms with Crippen molar-refractivity contribution in [2.24, 2.45) is 18.9 Å². The number of ether oxygens (including phenoxy) is 2. The lowest BCUT2D eigenvalue weighted by Gasteiger charge is -2.40. The number of hydrogen-bond donors (Lipinski definition) is 2. The number of benzene rings is 1. The fourth-order valence-corrected chi connectivity index (χ4v) is 11.6. The first-order valence-corrected chi connectivity index (χ1v) is 23.4. The minimum Gasteiger partial charge on any atom is -0.375 e. The van der Waals surface area contributed by atoms with Gasteiger partial charge in [-0.3, -0.25) is 38.4 Å². The van der Waals surface area contributed by atoms with E-state index < -0.39 is 42.3 Å². The van der Waals surface area contributed by atoms with Crippen molar-refractivity contribution >= 4 is 45.9 Å². The first kappa shape index (κ1) is 43.0. The molecule has 3 amide bonds. The van der Waals surface area contributed by atoms with Crippen molar-refractivity contribution in [1.29, 1.82) is 0 Å². The molecule has 11 rings (SSSR count). The van der Waals surface area contributed by atoms with Crippen LogP contribution < -0.4 is 21.2 Å². The maximum absolute atomic E-state index is 15.6. The number of nitrogens with one attached hydrogen (secondary N) is 2. The lowest BCUT2D eigenvalue weighted by Crippen LogP contribution is -2.48. The Balaban J connectivity index is 0.646. The minimum absolute atomic E-state index is 0.0391. The number of alkyl halides is 3. The molecule has 5 atom stereocenters. The highest BCUT2D eigenvalue weighted by molar-refractivity contribution is 6.08. The first-order valence-electron chi connectivity index (χ1n) is 23.4. The van der Waals surface area contributed by atoms with Crippen LogP contribution in [0.15, 0.2) is 47.7 Å². The lowest BCUT2D eigenvalue weighted by molar-refractivity contribution is -0.135. The summed E-state index contributed by atoms with van der Waals surface area (Å²) >= 11 is 0. The SMILES string of the molecule is Cn1c(=O)n(C2CCC(=O)NC2=O)c2cccc(C3CC(COC4CCN(CC5CCC(n6cc(NC(=O)c7cnn8ccc(N9C[C@H]%10C[C@@H]9CO%10)nc78)c(C(F)F)n6)CC5)CC4F)C3)c21. The van der Waals surface area contributed by atoms with E-state index in [0.717, 1.165) is 81.5 Å². The van der Waals surface area contributed by atoms with Crippen molar-refractivity contribution in [2.75, 3.05) is 49.6 Å². The van der Waals surface area contributed by atoms with E-state index in [1.165, 1.54) is 21.5 Å². The zero-order valence-electron chi connectivity index (χ0n) is 36.7. The zero-order valence-corrected chi connectivity index (χ0v) is 36.7. The maximum Gasteiger partial charge on any atom is 0.329 e. The van der Waals surface area contributed by atoms with E-state index in [4.69, 9.17) is 14.5 Å². The molecular formula is C46H54F3N11O6. The van der Waals surface area contributed by atoms with Crippen molar-refractivity contribution in [3.63, 3.8) is 0 Å². The van der Waals surface area contributed by atoms with Gasteiger partial charge in [0.2, 0.25) is 11.8 Å². The number of fused-ring (bicyclic) bond motifs is 4. The van der Waals surface area contributed by atoms with Crippen LogP contribution in [0.4, 0.5) is 24.7 Å². The molecular weight excluding hydrogens is 860 g/mol. The van der Waals surface area contributed by atoms with Crippen molar-refractivity contribution in [3.8, 4) is 0 Å². The number of para-hydroxylation sites is 1. The van der Waals surface area contributed by atoms with Gasteiger partial charge in [0.1, 0.15) is 23.6 Å². The number of anilines is 2. The van der Waals surface area contributed by atoms with Crippen LogP contribution in [0.25, 0.3) is 16.7 Å². The molecule has 66 heavy (non-hydrogen) atoms. The number of piperidine rings is 2. The van der Waals surface area contributed by atoms with Crippen LogP contribution >= 0.6 is 0 Å². The molecule has 2 saturated carbocycles. The van der Waals surface area contributed by atoms with Crippen molar-refractivity contribution < 1.29 is 37.0 Å². The Morgan fingerprint density at radius 3 is 2.59 bits per heavy atom. The summed E-state index contributed by atoms with van der Waals surface area (Å²) in [5.41, 5.74) is 2.23. The summed E-state index contributed by atoms with van der Waals surface area (Å²) in [5, 5.41) is 13.6. The number of nitrogens with zero attached hydrogens (tertiary/aromatic N) is 9. The molecule has 6 fully saturated rings. The molecule has 20 heteroatoms. The highest BCUT2D eigenvalue weighted by atomic mass is 19.3. The average Bonchev–Trinajstić information content (AvgIpc) is 4.14. The lowest BCUT2D eigenvalue weighted by atomic mass is 9.71. The standard InChI is InChI=1S/C46H54F3N11O6/c1-55-41-31(3-2-4-35(41)60(46(55)64)36-9-10-39(61)53-45(36)63)27-15-26(16-27)23-66-37-11-13-56(21-33(37)47)19-25-5-7-28(8-6-25)59-22-34(40(54-59)42(48)49)51-44(62)32-18-50-58-14-12-38(52-43(32)58)57-20-30-17-29(57)24-65-30/h2-4,12,14,18,22,25-30,33,36-37,42H,5-11,13,15-17,19-21,23-24H2,1H3,(H,51,62)(H,53,61,63)/t25?,26?,27?,28?,29-,30-,33?,36?,37?/m1/s1. The van der Waals surface area contributed by atoms with Crippen LogP contribution in [0, 0.1) is 11.8 Å². The third-order valence-electron chi connectivity index (χ3n) is 15.2. The number of morpholine rings is 1. The van der Waals surface area contributed by atoms with Gasteiger partial charge < -0.3 is 19.7 Å². The van der Waals surface area contributed by atoms with Crippen LogP contribution in [0.2, 0.25) is 0 Å². The number of aryl methyl sites for hydroxylation is 1. The fourth-order valence-electron chi connectivity index (χ4n) is 11.6. The molecule has 2 N–H and O–H groups in total. The molecule has 2 aliphatic carbocycles. The number of imidazole rings is 1. The van der Waals surface area contributed by atoms with Crippen LogP contribution in [-0.4, -0.2) is 120 Å². The Hall–Kier alpha value is -5.60. The van der Waals surface area contributed by atoms with Crippen LogP contribution in [0.3, 0.4) is 0 Å². The van der Waals surface area contributed by atoms with E-state index in [9.17, 15) is 28.0 Å². The molecule has 5 aromatic rings. The van der Waals surface area contributed by atoms with Gasteiger partial charge in [-0.25, -0.2) is 27.5 Å². The molecule has 17 nitrogen and oxygen atoms in total. The molecule has 8 heterocycles. The smallest absolute Gasteiger partial charge is 0.329 e. The number of halogens is 3. The van der Waals surface area contributed by atoms with Crippen LogP contribution in [0.5, 0.6) is 0 Å². The maximum atomic E-state index is 15.6. The van der Waals surface area contributed by atoms with Gasteiger partial charge in [0.15, 0.2) is 11.3 Å². The molecule has 0 spiro atoms. The highest BCUT2D eigenvalue weighted by Crippen LogP contribution is 2.45. The Kier molecular flexibility index (Phi) is 11.2. The van der Waals surface area contributed by atoms with Gasteiger partial charge in [-0.2, -0.15) is 10.2 Å². The van der Waals surface area contributed by atoms with Crippen molar-refractivity contribution in [1.82, 2.24) is 43.7 Å². The molecule has 1 aromatic carbocycles. The van der Waals surface area contributed by atoms with E-state index >= 15 is 4.39 Å². The van der Waals surface area contributed by atoms with Gasteiger partial charge >= 0.3 is 5.69 Å². The number of hydrogen-bond acceptors (Lipinski definition) is 11. The summed E-state index contributed by atoms with van der Waals surface area (Å²) in [7, 11) is 1.72. The number of amides is 3. The third kappa shape index (κ3) is 7.87. The Labute approximate surface area is 377 Å². The molecule has 4 aliphatic heterocycles. The summed E-state index contributed by atoms with van der Waals surface area (Å²) in [4.78, 5) is 60.5. The Morgan fingerprint density at radius 2 is 1.85 bits per heavy atom. The minimum atomic E-state index is -2.89. The summed E-state index contributed by atoms with van der Waals surface area (Å²) in [5.74, 6) is 0.154. The predicted molar refractivity (Wildman–Crippen MR) is 234 cm³/mol. The molecule has 350 valence electrons. The summed E-state index contributed by atoms with van der Waals surface area (Å²) in [6.07, 6.45) is 7.18. The summed E-state index contributed by atoms with van der Waals surface area (Å²) in [6, 6.07) is 7.03. The van der Waals surface area contributed by atoms with Crippen LogP contribution in [-0.2, 0) is 26.1 Å². The van der Waals surface area contributed by atoms with Gasteiger partial charge in [0.05, 0.1) is 53.8 Å². The van der Waals surface area contributed by atoms with Crippen LogP contribution in [0.1, 0.15) is 110 Å². The molecule has 4 aromatic heterocycles. The number of carbonyl (C=O) groups excluding carboxylic acids is 3. The van der Waals surface area contributed by atoms with Gasteiger partial charge in [0, 0.05) is 58.6 Å². The van der Waals surface area contributed by atoms with Gasteiger partial charge in [0.25, 0.3) is 12.3 Å². The normalized spacial score (nSPS) is 29.3. The van der Waals surface area contributed by atoms with E-state index in [1.807, 2.05) is 24.3 Å². The fraction of sp³-hybridized carbons (Fsp3) is 0.587. The second kappa shape index (κ2) is 17.2. The number of aromatic nitrogens is 7. The van der Waals surface area contributed by atoms with Crippen molar-refractivity contribution in [3.05, 3.63) is 70.2 Å². The Bertz CT molecular complexity index is 2740. The summed E-state index contributed by atoms with van der Waals surface area (Å²) < 4.78 is 62.4. The van der Waals surface area contributed by atoms with E-state index in [2.05, 4.69) is 30.6 Å². The zero-order chi connectivity index (χ0) is 45.4. The predicted octanol–water partition coefficient (Wildman–Crippen LogP) is 5.08. The Morgan fingerprint density at radius 1 is 1.02 bits per heavy atom. The van der Waals surface area contributed by atoms with Gasteiger partial charge in [-0.1, -0.05) is 12.1 Å². The summed E-state index contributed by atoms with van der Waals surface area (Å²) in [6.45, 7) is 3.62. The van der Waals surface area contributed by atoms with E-state index in [-0.39, 0.29) is 65.7 Å². The second-order valence-corrected chi connectivity index (χ2v) is 19.3. The van der Waals surface area contributed by atoms with Gasteiger partial charge in [-0.15, -0.1) is 0 Å². The monoisotopic (exact) mass is 913 g/mol. The quantitative estimate of drug-likeness (QED) is 0.160. The molecule has 2 bridgehead atoms. The van der Waals surface area contributed by atoms with E-state index in [1.54, 1.807) is 22.5 Å². The van der Waals surface area contributed by atoms with E-state index in [0.29, 0.717) is 43.3 Å². The number of imide groups is 1. The average molecular weight is 914 g/mol. The number of likely N-dealkylation sites (tertiary alicyclic amines) is 1. The highest BCUT2D eigenvalue weighted by Gasteiger charge is 2.41. The van der Waals surface area contributed by atoms with Crippen molar-refractivity contribution in [2.45, 2.75) is 113 Å². The number of carbonyl (C=O) groups is 3. The number of rotatable bonds is 12. The first-order chi connectivity index (χ1) is 31.9. The molecule has 4 saturated heterocycles. The molecule has 3 unspecified atom stereocenters.